The minimum absolute atomic E-state index is 0.151. The molecule has 182 valence electrons. The van der Waals surface area contributed by atoms with Gasteiger partial charge in [-0.1, -0.05) is 19.1 Å². The van der Waals surface area contributed by atoms with Crippen molar-refractivity contribution in [1.82, 2.24) is 9.62 Å². The van der Waals surface area contributed by atoms with Gasteiger partial charge >= 0.3 is 0 Å². The minimum atomic E-state index is -3.65. The van der Waals surface area contributed by atoms with Crippen LogP contribution in [0.25, 0.3) is 0 Å². The first kappa shape index (κ1) is 24.6. The number of nitrogens with zero attached hydrogens (tertiary/aromatic N) is 2. The van der Waals surface area contributed by atoms with Gasteiger partial charge in [0, 0.05) is 36.2 Å². The first-order valence-corrected chi connectivity index (χ1v) is 13.7. The number of hydrogen-bond donors (Lipinski definition) is 1. The molecule has 2 aliphatic heterocycles. The summed E-state index contributed by atoms with van der Waals surface area (Å²) in [6.07, 6.45) is 1.69. The second-order valence-electron chi connectivity index (χ2n) is 8.51. The second-order valence-corrected chi connectivity index (χ2v) is 11.5. The third-order valence-electron chi connectivity index (χ3n) is 6.03. The summed E-state index contributed by atoms with van der Waals surface area (Å²) in [4.78, 5) is 28.4. The zero-order valence-corrected chi connectivity index (χ0v) is 21.0. The molecule has 0 aliphatic carbocycles. The molecule has 34 heavy (non-hydrogen) atoms. The molecule has 0 aromatic heterocycles. The summed E-state index contributed by atoms with van der Waals surface area (Å²) in [6, 6.07) is 12.3. The maximum Gasteiger partial charge on any atom is 0.243 e. The van der Waals surface area contributed by atoms with Crippen LogP contribution in [0.15, 0.2) is 52.3 Å². The van der Waals surface area contributed by atoms with E-state index >= 15 is 0 Å². The number of thioether (sulfide) groups is 1. The Morgan fingerprint density at radius 1 is 1.18 bits per heavy atom. The SMILES string of the molecule is COc1cccc(CNC(=O)CN2C(=O)[C@H](C)CSc3ccc(S(=O)(=O)N4CCCC4)cc32)c1. The number of sulfonamides is 1. The lowest BCUT2D eigenvalue weighted by atomic mass is 10.1. The van der Waals surface area contributed by atoms with Crippen LogP contribution in [-0.4, -0.2) is 57.0 Å². The standard InChI is InChI=1S/C24H29N3O5S2/c1-17-16-33-22-9-8-20(34(30,31)26-10-3-4-11-26)13-21(22)27(24(17)29)15-23(28)25-14-18-6-5-7-19(12-18)32-2/h5-9,12-13,17H,3-4,10-11,14-16H2,1-2H3,(H,25,28)/t17-/m1/s1. The Kier molecular flexibility index (Phi) is 7.49. The third-order valence-corrected chi connectivity index (χ3v) is 9.24. The summed E-state index contributed by atoms with van der Waals surface area (Å²) in [6.45, 7) is 2.93. The highest BCUT2D eigenvalue weighted by Crippen LogP contribution is 2.38. The Morgan fingerprint density at radius 2 is 1.94 bits per heavy atom. The lowest BCUT2D eigenvalue weighted by molar-refractivity contribution is -0.125. The number of nitrogens with one attached hydrogen (secondary N) is 1. The molecule has 2 aromatic rings. The number of methoxy groups -OCH3 is 1. The molecule has 0 spiro atoms. The van der Waals surface area contributed by atoms with Gasteiger partial charge in [-0.3, -0.25) is 9.59 Å². The number of amides is 2. The van der Waals surface area contributed by atoms with Crippen molar-refractivity contribution in [3.8, 4) is 5.75 Å². The molecule has 0 unspecified atom stereocenters. The number of carbonyl (C=O) groups is 2. The first-order valence-electron chi connectivity index (χ1n) is 11.3. The number of rotatable bonds is 7. The summed E-state index contributed by atoms with van der Waals surface area (Å²) in [5.74, 6) is 0.433. The van der Waals surface area contributed by atoms with E-state index in [-0.39, 0.29) is 29.2 Å². The molecule has 2 heterocycles. The van der Waals surface area contributed by atoms with Crippen LogP contribution >= 0.6 is 11.8 Å². The van der Waals surface area contributed by atoms with Gasteiger partial charge in [-0.15, -0.1) is 11.8 Å². The quantitative estimate of drug-likeness (QED) is 0.624. The van der Waals surface area contributed by atoms with Crippen molar-refractivity contribution in [2.24, 2.45) is 5.92 Å². The zero-order valence-electron chi connectivity index (χ0n) is 19.3. The van der Waals surface area contributed by atoms with Crippen LogP contribution in [0.5, 0.6) is 5.75 Å². The molecule has 2 aromatic carbocycles. The normalized spacial score (nSPS) is 18.9. The topological polar surface area (TPSA) is 96.0 Å². The van der Waals surface area contributed by atoms with Crippen molar-refractivity contribution >= 4 is 39.3 Å². The predicted octanol–water partition coefficient (Wildman–Crippen LogP) is 2.87. The molecule has 1 atom stereocenters. The summed E-state index contributed by atoms with van der Waals surface area (Å²) in [7, 11) is -2.07. The van der Waals surface area contributed by atoms with Gasteiger partial charge in [-0.2, -0.15) is 4.31 Å². The molecule has 1 saturated heterocycles. The Bertz CT molecular complexity index is 1180. The second kappa shape index (κ2) is 10.4. The van der Waals surface area contributed by atoms with E-state index in [9.17, 15) is 18.0 Å². The van der Waals surface area contributed by atoms with Gasteiger partial charge in [-0.05, 0) is 48.7 Å². The monoisotopic (exact) mass is 503 g/mol. The van der Waals surface area contributed by atoms with Crippen LogP contribution in [0, 0.1) is 5.92 Å². The van der Waals surface area contributed by atoms with Crippen molar-refractivity contribution in [2.45, 2.75) is 36.1 Å². The molecule has 0 radical (unpaired) electrons. The largest absolute Gasteiger partial charge is 0.497 e. The number of hydrogen-bond acceptors (Lipinski definition) is 6. The molecule has 8 nitrogen and oxygen atoms in total. The third kappa shape index (κ3) is 5.24. The van der Waals surface area contributed by atoms with Crippen LogP contribution in [0.1, 0.15) is 25.3 Å². The zero-order chi connectivity index (χ0) is 24.3. The molecule has 0 saturated carbocycles. The van der Waals surface area contributed by atoms with Gasteiger partial charge in [0.15, 0.2) is 0 Å². The Balaban J connectivity index is 1.57. The van der Waals surface area contributed by atoms with Crippen LogP contribution in [-0.2, 0) is 26.2 Å². The van der Waals surface area contributed by atoms with Gasteiger partial charge in [-0.25, -0.2) is 8.42 Å². The van der Waals surface area contributed by atoms with E-state index in [0.29, 0.717) is 36.8 Å². The summed E-state index contributed by atoms with van der Waals surface area (Å²) >= 11 is 1.50. The first-order chi connectivity index (χ1) is 16.3. The fourth-order valence-electron chi connectivity index (χ4n) is 4.08. The Hall–Kier alpha value is -2.56. The highest BCUT2D eigenvalue weighted by Gasteiger charge is 2.33. The summed E-state index contributed by atoms with van der Waals surface area (Å²) in [5, 5.41) is 2.85. The van der Waals surface area contributed by atoms with Crippen molar-refractivity contribution in [1.29, 1.82) is 0 Å². The van der Waals surface area contributed by atoms with Gasteiger partial charge in [0.2, 0.25) is 21.8 Å². The maximum atomic E-state index is 13.2. The molecule has 1 N–H and O–H groups in total. The number of ether oxygens (including phenoxy) is 1. The number of fused-ring (bicyclic) bond motifs is 1. The van der Waals surface area contributed by atoms with E-state index in [2.05, 4.69) is 5.32 Å². The van der Waals surface area contributed by atoms with Crippen LogP contribution < -0.4 is 15.0 Å². The van der Waals surface area contributed by atoms with Gasteiger partial charge in [0.25, 0.3) is 0 Å². The lowest BCUT2D eigenvalue weighted by Crippen LogP contribution is -2.43. The van der Waals surface area contributed by atoms with E-state index in [0.717, 1.165) is 23.3 Å². The summed E-state index contributed by atoms with van der Waals surface area (Å²) < 4.78 is 32.9. The highest BCUT2D eigenvalue weighted by atomic mass is 32.2. The van der Waals surface area contributed by atoms with Crippen molar-refractivity contribution in [2.75, 3.05) is 37.4 Å². The van der Waals surface area contributed by atoms with Crippen LogP contribution in [0.2, 0.25) is 0 Å². The van der Waals surface area contributed by atoms with Crippen LogP contribution in [0.3, 0.4) is 0 Å². The van der Waals surface area contributed by atoms with E-state index in [4.69, 9.17) is 4.74 Å². The van der Waals surface area contributed by atoms with E-state index in [1.807, 2.05) is 31.2 Å². The van der Waals surface area contributed by atoms with Crippen molar-refractivity contribution < 1.29 is 22.7 Å². The highest BCUT2D eigenvalue weighted by molar-refractivity contribution is 7.99. The molecule has 4 rings (SSSR count). The number of benzene rings is 2. The van der Waals surface area contributed by atoms with Crippen molar-refractivity contribution in [3.63, 3.8) is 0 Å². The molecule has 0 bridgehead atoms. The average molecular weight is 504 g/mol. The fourth-order valence-corrected chi connectivity index (χ4v) is 6.68. The molecule has 2 amide bonds. The fraction of sp³-hybridized carbons (Fsp3) is 0.417. The van der Waals surface area contributed by atoms with E-state index in [1.54, 1.807) is 25.3 Å². The van der Waals surface area contributed by atoms with Gasteiger partial charge < -0.3 is 15.0 Å². The summed E-state index contributed by atoms with van der Waals surface area (Å²) in [5.41, 5.74) is 1.34. The number of anilines is 1. The Morgan fingerprint density at radius 3 is 2.68 bits per heavy atom. The van der Waals surface area contributed by atoms with E-state index in [1.165, 1.54) is 21.0 Å². The van der Waals surface area contributed by atoms with E-state index < -0.39 is 10.0 Å². The van der Waals surface area contributed by atoms with Gasteiger partial charge in [0.05, 0.1) is 17.7 Å². The van der Waals surface area contributed by atoms with Crippen molar-refractivity contribution in [3.05, 3.63) is 48.0 Å². The van der Waals surface area contributed by atoms with Gasteiger partial charge in [0.1, 0.15) is 12.3 Å². The maximum absolute atomic E-state index is 13.2. The molecule has 1 fully saturated rings. The minimum Gasteiger partial charge on any atom is -0.497 e. The average Bonchev–Trinajstić information content (AvgIpc) is 3.37. The lowest BCUT2D eigenvalue weighted by Gasteiger charge is -2.25. The number of carbonyl (C=O) groups excluding carboxylic acids is 2. The molecule has 10 heteroatoms. The molecular weight excluding hydrogens is 474 g/mol. The predicted molar refractivity (Wildman–Crippen MR) is 132 cm³/mol. The molecular formula is C24H29N3O5S2. The van der Waals surface area contributed by atoms with Crippen LogP contribution in [0.4, 0.5) is 5.69 Å². The molecule has 2 aliphatic rings. The smallest absolute Gasteiger partial charge is 0.243 e. The Labute approximate surface area is 204 Å².